The molecule has 1 saturated heterocycles. The Bertz CT molecular complexity index is 979. The van der Waals surface area contributed by atoms with Crippen molar-refractivity contribution < 1.29 is 9.32 Å². The molecule has 3 aromatic rings. The maximum atomic E-state index is 12.6. The monoisotopic (exact) mass is 360 g/mol. The Kier molecular flexibility index (Phi) is 4.86. The van der Waals surface area contributed by atoms with Crippen LogP contribution in [0.1, 0.15) is 16.8 Å². The fourth-order valence-electron chi connectivity index (χ4n) is 3.42. The molecule has 0 N–H and O–H groups in total. The second kappa shape index (κ2) is 7.60. The first-order valence-corrected chi connectivity index (χ1v) is 9.05. The van der Waals surface area contributed by atoms with E-state index in [4.69, 9.17) is 9.78 Å². The van der Waals surface area contributed by atoms with E-state index >= 15 is 0 Å². The molecule has 0 saturated carbocycles. The maximum Gasteiger partial charge on any atom is 0.228 e. The van der Waals surface area contributed by atoms with Crippen LogP contribution in [0.3, 0.4) is 0 Å². The average Bonchev–Trinajstić information content (AvgIpc) is 3.12. The quantitative estimate of drug-likeness (QED) is 0.715. The van der Waals surface area contributed by atoms with Gasteiger partial charge in [-0.2, -0.15) is 5.26 Å². The van der Waals surface area contributed by atoms with Crippen LogP contribution in [0.2, 0.25) is 0 Å². The Morgan fingerprint density at radius 2 is 1.81 bits per heavy atom. The molecule has 0 unspecified atom stereocenters. The van der Waals surface area contributed by atoms with Crippen LogP contribution in [0, 0.1) is 11.3 Å². The van der Waals surface area contributed by atoms with E-state index in [0.29, 0.717) is 29.9 Å². The van der Waals surface area contributed by atoms with Crippen molar-refractivity contribution in [2.45, 2.75) is 13.0 Å². The van der Waals surface area contributed by atoms with E-state index < -0.39 is 0 Å². The van der Waals surface area contributed by atoms with Crippen LogP contribution in [0.4, 0.5) is 0 Å². The summed E-state index contributed by atoms with van der Waals surface area (Å²) in [5, 5.41) is 13.8. The summed E-state index contributed by atoms with van der Waals surface area (Å²) >= 11 is 0. The molecule has 0 radical (unpaired) electrons. The molecule has 0 atom stereocenters. The third-order valence-electron chi connectivity index (χ3n) is 4.99. The fraction of sp³-hybridized carbons (Fsp3) is 0.286. The van der Waals surface area contributed by atoms with Gasteiger partial charge in [-0.25, -0.2) is 0 Å². The van der Waals surface area contributed by atoms with Gasteiger partial charge in [0.2, 0.25) is 5.91 Å². The Balaban J connectivity index is 1.32. The van der Waals surface area contributed by atoms with Gasteiger partial charge in [0.25, 0.3) is 0 Å². The van der Waals surface area contributed by atoms with Crippen molar-refractivity contribution >= 4 is 16.9 Å². The SMILES string of the molecule is N#Cc1ccc(CN2CCN(C(=O)Cc3noc4ccccc34)CC2)cc1. The number of para-hydroxylation sites is 1. The number of hydrogen-bond acceptors (Lipinski definition) is 5. The summed E-state index contributed by atoms with van der Waals surface area (Å²) in [5.74, 6) is 0.0899. The highest BCUT2D eigenvalue weighted by Gasteiger charge is 2.23. The smallest absolute Gasteiger partial charge is 0.228 e. The van der Waals surface area contributed by atoms with Crippen LogP contribution < -0.4 is 0 Å². The topological polar surface area (TPSA) is 73.4 Å². The van der Waals surface area contributed by atoms with E-state index in [2.05, 4.69) is 16.1 Å². The van der Waals surface area contributed by atoms with E-state index in [1.54, 1.807) is 0 Å². The number of rotatable bonds is 4. The molecular weight excluding hydrogens is 340 g/mol. The zero-order valence-electron chi connectivity index (χ0n) is 15.0. The van der Waals surface area contributed by atoms with Crippen LogP contribution in [-0.4, -0.2) is 47.0 Å². The van der Waals surface area contributed by atoms with Crippen molar-refractivity contribution in [2.24, 2.45) is 0 Å². The Morgan fingerprint density at radius 3 is 2.56 bits per heavy atom. The lowest BCUT2D eigenvalue weighted by molar-refractivity contribution is -0.132. The van der Waals surface area contributed by atoms with Crippen molar-refractivity contribution in [1.82, 2.24) is 15.0 Å². The Labute approximate surface area is 157 Å². The molecule has 0 aliphatic carbocycles. The number of benzene rings is 2. The van der Waals surface area contributed by atoms with Crippen LogP contribution >= 0.6 is 0 Å². The first-order valence-electron chi connectivity index (χ1n) is 9.05. The third-order valence-corrected chi connectivity index (χ3v) is 4.99. The lowest BCUT2D eigenvalue weighted by Crippen LogP contribution is -2.48. The van der Waals surface area contributed by atoms with Crippen LogP contribution in [0.15, 0.2) is 53.1 Å². The van der Waals surface area contributed by atoms with Crippen molar-refractivity contribution in [3.8, 4) is 6.07 Å². The molecule has 27 heavy (non-hydrogen) atoms. The van der Waals surface area contributed by atoms with E-state index in [-0.39, 0.29) is 12.3 Å². The third kappa shape index (κ3) is 3.83. The predicted octanol–water partition coefficient (Wildman–Crippen LogP) is 2.59. The summed E-state index contributed by atoms with van der Waals surface area (Å²) in [6, 6.07) is 17.4. The molecule has 0 bridgehead atoms. The summed E-state index contributed by atoms with van der Waals surface area (Å²) in [6.07, 6.45) is 0.270. The van der Waals surface area contributed by atoms with E-state index in [9.17, 15) is 4.79 Å². The van der Waals surface area contributed by atoms with Crippen LogP contribution in [-0.2, 0) is 17.8 Å². The Hall–Kier alpha value is -3.17. The molecule has 1 aliphatic rings. The van der Waals surface area contributed by atoms with Crippen molar-refractivity contribution in [1.29, 1.82) is 5.26 Å². The molecule has 4 rings (SSSR count). The molecular formula is C21H20N4O2. The molecule has 0 spiro atoms. The van der Waals surface area contributed by atoms with Crippen LogP contribution in [0.5, 0.6) is 0 Å². The fourth-order valence-corrected chi connectivity index (χ4v) is 3.42. The molecule has 1 aliphatic heterocycles. The van der Waals surface area contributed by atoms with Gasteiger partial charge in [0.05, 0.1) is 18.1 Å². The van der Waals surface area contributed by atoms with Gasteiger partial charge in [-0.1, -0.05) is 29.4 Å². The standard InChI is InChI=1S/C21H20N4O2/c22-14-16-5-7-17(8-6-16)15-24-9-11-25(12-10-24)21(26)13-19-18-3-1-2-4-20(18)27-23-19/h1-8H,9-13,15H2. The highest BCUT2D eigenvalue weighted by atomic mass is 16.5. The van der Waals surface area contributed by atoms with E-state index in [1.807, 2.05) is 53.4 Å². The molecule has 1 aromatic heterocycles. The molecule has 6 heteroatoms. The van der Waals surface area contributed by atoms with Crippen molar-refractivity contribution in [2.75, 3.05) is 26.2 Å². The van der Waals surface area contributed by atoms with Gasteiger partial charge in [0.1, 0.15) is 5.69 Å². The number of carbonyl (C=O) groups is 1. The van der Waals surface area contributed by atoms with Gasteiger partial charge in [-0.15, -0.1) is 0 Å². The zero-order valence-corrected chi connectivity index (χ0v) is 15.0. The lowest BCUT2D eigenvalue weighted by atomic mass is 10.1. The minimum Gasteiger partial charge on any atom is -0.356 e. The van der Waals surface area contributed by atoms with Crippen LogP contribution in [0.25, 0.3) is 11.0 Å². The Morgan fingerprint density at radius 1 is 1.07 bits per heavy atom. The molecule has 6 nitrogen and oxygen atoms in total. The predicted molar refractivity (Wildman–Crippen MR) is 101 cm³/mol. The van der Waals surface area contributed by atoms with Gasteiger partial charge >= 0.3 is 0 Å². The first kappa shape index (κ1) is 17.3. The normalized spacial score (nSPS) is 15.0. The molecule has 136 valence electrons. The first-order chi connectivity index (χ1) is 13.2. The number of amides is 1. The number of aromatic nitrogens is 1. The van der Waals surface area contributed by atoms with E-state index in [0.717, 1.165) is 25.0 Å². The molecule has 1 amide bonds. The highest BCUT2D eigenvalue weighted by Crippen LogP contribution is 2.19. The maximum absolute atomic E-state index is 12.6. The van der Waals surface area contributed by atoms with Gasteiger partial charge in [0, 0.05) is 38.1 Å². The van der Waals surface area contributed by atoms with Gasteiger partial charge in [-0.3, -0.25) is 9.69 Å². The minimum absolute atomic E-state index is 0.0899. The number of hydrogen-bond donors (Lipinski definition) is 0. The highest BCUT2D eigenvalue weighted by molar-refractivity contribution is 5.86. The second-order valence-corrected chi connectivity index (χ2v) is 6.77. The van der Waals surface area contributed by atoms with Gasteiger partial charge in [-0.05, 0) is 29.8 Å². The largest absolute Gasteiger partial charge is 0.356 e. The summed E-state index contributed by atoms with van der Waals surface area (Å²) in [7, 11) is 0. The summed E-state index contributed by atoms with van der Waals surface area (Å²) in [4.78, 5) is 16.9. The zero-order chi connectivity index (χ0) is 18.6. The molecule has 2 heterocycles. The molecule has 2 aromatic carbocycles. The van der Waals surface area contributed by atoms with Crippen molar-refractivity contribution in [3.63, 3.8) is 0 Å². The second-order valence-electron chi connectivity index (χ2n) is 6.77. The van der Waals surface area contributed by atoms with Gasteiger partial charge < -0.3 is 9.42 Å². The summed E-state index contributed by atoms with van der Waals surface area (Å²) in [6.45, 7) is 3.94. The average molecular weight is 360 g/mol. The summed E-state index contributed by atoms with van der Waals surface area (Å²) in [5.41, 5.74) is 3.28. The van der Waals surface area contributed by atoms with Crippen molar-refractivity contribution in [3.05, 3.63) is 65.4 Å². The summed E-state index contributed by atoms with van der Waals surface area (Å²) < 4.78 is 5.29. The van der Waals surface area contributed by atoms with Gasteiger partial charge in [0.15, 0.2) is 5.58 Å². The number of fused-ring (bicyclic) bond motifs is 1. The minimum atomic E-state index is 0.0899. The lowest BCUT2D eigenvalue weighted by Gasteiger charge is -2.34. The van der Waals surface area contributed by atoms with E-state index in [1.165, 1.54) is 5.56 Å². The number of nitrogens with zero attached hydrogens (tertiary/aromatic N) is 4. The molecule has 1 fully saturated rings. The number of carbonyl (C=O) groups excluding carboxylic acids is 1. The number of piperazine rings is 1. The number of nitriles is 1.